The number of alkyl halides is 3. The van der Waals surface area contributed by atoms with Gasteiger partial charge in [-0.1, -0.05) is 20.8 Å². The Hall–Kier alpha value is -1.57. The fraction of sp³-hybridized carbons (Fsp3) is 0.625. The number of thiophene rings is 1. The quantitative estimate of drug-likeness (QED) is 0.818. The molecule has 0 aromatic carbocycles. The fourth-order valence-electron chi connectivity index (χ4n) is 2.93. The van der Waals surface area contributed by atoms with E-state index >= 15 is 0 Å². The maximum absolute atomic E-state index is 13.1. The molecule has 0 radical (unpaired) electrons. The number of hydrogen-bond acceptors (Lipinski definition) is 4. The first kappa shape index (κ1) is 18.8. The van der Waals surface area contributed by atoms with Gasteiger partial charge in [-0.2, -0.15) is 18.3 Å². The highest BCUT2D eigenvalue weighted by molar-refractivity contribution is 7.10. The SMILES string of the molecule is CC(C)CC(C)c1sccc1NC(=O)C1(C)CNN=C1C(F)(F)F. The Morgan fingerprint density at radius 2 is 2.12 bits per heavy atom. The van der Waals surface area contributed by atoms with Crippen LogP contribution in [-0.4, -0.2) is 24.3 Å². The molecule has 1 aliphatic rings. The van der Waals surface area contributed by atoms with Crippen LogP contribution in [0.1, 0.15) is 44.9 Å². The van der Waals surface area contributed by atoms with Gasteiger partial charge in [0.2, 0.25) is 5.91 Å². The minimum absolute atomic E-state index is 0.172. The Morgan fingerprint density at radius 3 is 2.71 bits per heavy atom. The van der Waals surface area contributed by atoms with E-state index in [0.29, 0.717) is 11.6 Å². The Balaban J connectivity index is 2.19. The molecule has 1 aliphatic heterocycles. The van der Waals surface area contributed by atoms with Crippen molar-refractivity contribution < 1.29 is 18.0 Å². The van der Waals surface area contributed by atoms with Crippen LogP contribution >= 0.6 is 11.3 Å². The topological polar surface area (TPSA) is 53.5 Å². The second-order valence-corrected chi connectivity index (χ2v) is 7.76. The summed E-state index contributed by atoms with van der Waals surface area (Å²) in [5.41, 5.74) is 0.0726. The molecule has 2 atom stereocenters. The first-order valence-electron chi connectivity index (χ1n) is 7.82. The molecular weight excluding hydrogens is 339 g/mol. The average molecular weight is 361 g/mol. The number of carbonyl (C=O) groups excluding carboxylic acids is 1. The molecule has 134 valence electrons. The van der Waals surface area contributed by atoms with Gasteiger partial charge in [0.25, 0.3) is 0 Å². The minimum Gasteiger partial charge on any atom is -0.324 e. The van der Waals surface area contributed by atoms with Crippen LogP contribution in [0, 0.1) is 11.3 Å². The van der Waals surface area contributed by atoms with Gasteiger partial charge in [-0.25, -0.2) is 0 Å². The summed E-state index contributed by atoms with van der Waals surface area (Å²) in [6.45, 7) is 7.37. The largest absolute Gasteiger partial charge is 0.432 e. The summed E-state index contributed by atoms with van der Waals surface area (Å²) < 4.78 is 39.3. The molecule has 0 spiro atoms. The van der Waals surface area contributed by atoms with Crippen molar-refractivity contribution in [1.82, 2.24) is 5.43 Å². The maximum Gasteiger partial charge on any atom is 0.432 e. The van der Waals surface area contributed by atoms with Gasteiger partial charge in [0.15, 0.2) is 5.71 Å². The summed E-state index contributed by atoms with van der Waals surface area (Å²) in [5, 5.41) is 7.81. The average Bonchev–Trinajstić information content (AvgIpc) is 3.04. The Kier molecular flexibility index (Phi) is 5.27. The van der Waals surface area contributed by atoms with Crippen LogP contribution in [0.15, 0.2) is 16.5 Å². The Labute approximate surface area is 143 Å². The van der Waals surface area contributed by atoms with Crippen molar-refractivity contribution in [2.24, 2.45) is 16.4 Å². The molecule has 1 amide bonds. The van der Waals surface area contributed by atoms with Gasteiger partial charge in [0.1, 0.15) is 5.41 Å². The van der Waals surface area contributed by atoms with E-state index in [2.05, 4.69) is 36.6 Å². The summed E-state index contributed by atoms with van der Waals surface area (Å²) >= 11 is 1.51. The van der Waals surface area contributed by atoms with E-state index in [4.69, 9.17) is 0 Å². The molecule has 0 saturated heterocycles. The van der Waals surface area contributed by atoms with Gasteiger partial charge in [-0.05, 0) is 36.6 Å². The van der Waals surface area contributed by atoms with Crippen molar-refractivity contribution in [3.8, 4) is 0 Å². The third-order valence-electron chi connectivity index (χ3n) is 4.13. The van der Waals surface area contributed by atoms with Crippen molar-refractivity contribution >= 4 is 28.6 Å². The summed E-state index contributed by atoms with van der Waals surface area (Å²) in [4.78, 5) is 13.5. The van der Waals surface area contributed by atoms with Crippen LogP contribution < -0.4 is 10.7 Å². The molecule has 0 fully saturated rings. The number of nitrogens with one attached hydrogen (secondary N) is 2. The van der Waals surface area contributed by atoms with Gasteiger partial charge in [0, 0.05) is 4.88 Å². The highest BCUT2D eigenvalue weighted by Crippen LogP contribution is 2.37. The lowest BCUT2D eigenvalue weighted by Gasteiger charge is -2.25. The predicted octanol–water partition coefficient (Wildman–Crippen LogP) is 4.36. The number of nitrogens with zero attached hydrogens (tertiary/aromatic N) is 1. The van der Waals surface area contributed by atoms with Crippen molar-refractivity contribution in [3.63, 3.8) is 0 Å². The van der Waals surface area contributed by atoms with E-state index in [1.165, 1.54) is 18.3 Å². The lowest BCUT2D eigenvalue weighted by atomic mass is 9.84. The summed E-state index contributed by atoms with van der Waals surface area (Å²) in [7, 11) is 0. The Morgan fingerprint density at radius 1 is 1.46 bits per heavy atom. The van der Waals surface area contributed by atoms with Crippen LogP contribution in [0.2, 0.25) is 0 Å². The van der Waals surface area contributed by atoms with E-state index in [0.717, 1.165) is 11.3 Å². The van der Waals surface area contributed by atoms with E-state index in [1.807, 2.05) is 5.38 Å². The fourth-order valence-corrected chi connectivity index (χ4v) is 3.85. The molecule has 24 heavy (non-hydrogen) atoms. The first-order chi connectivity index (χ1) is 11.1. The molecule has 2 heterocycles. The Bertz CT molecular complexity index is 639. The molecule has 2 unspecified atom stereocenters. The molecule has 1 aromatic rings. The van der Waals surface area contributed by atoms with Gasteiger partial charge < -0.3 is 10.7 Å². The summed E-state index contributed by atoms with van der Waals surface area (Å²) in [6.07, 6.45) is -3.70. The summed E-state index contributed by atoms with van der Waals surface area (Å²) in [5.74, 6) is 0.0247. The van der Waals surface area contributed by atoms with E-state index in [9.17, 15) is 18.0 Å². The van der Waals surface area contributed by atoms with Crippen molar-refractivity contribution in [1.29, 1.82) is 0 Å². The number of halogens is 3. The van der Waals surface area contributed by atoms with Crippen LogP contribution in [0.3, 0.4) is 0 Å². The number of hydrogen-bond donors (Lipinski definition) is 2. The highest BCUT2D eigenvalue weighted by atomic mass is 32.1. The zero-order valence-corrected chi connectivity index (χ0v) is 14.9. The van der Waals surface area contributed by atoms with Crippen LogP contribution in [0.5, 0.6) is 0 Å². The molecule has 0 aliphatic carbocycles. The van der Waals surface area contributed by atoms with Gasteiger partial charge >= 0.3 is 6.18 Å². The van der Waals surface area contributed by atoms with Crippen LogP contribution in [-0.2, 0) is 4.79 Å². The molecule has 2 N–H and O–H groups in total. The predicted molar refractivity (Wildman–Crippen MR) is 90.4 cm³/mol. The van der Waals surface area contributed by atoms with Gasteiger partial charge in [0.05, 0.1) is 12.2 Å². The smallest absolute Gasteiger partial charge is 0.324 e. The normalized spacial score (nSPS) is 22.2. The molecule has 0 saturated carbocycles. The molecule has 0 bridgehead atoms. The number of rotatable bonds is 5. The number of anilines is 1. The van der Waals surface area contributed by atoms with Crippen molar-refractivity contribution in [2.75, 3.05) is 11.9 Å². The van der Waals surface area contributed by atoms with E-state index < -0.39 is 23.2 Å². The lowest BCUT2D eigenvalue weighted by Crippen LogP contribution is -2.47. The lowest BCUT2D eigenvalue weighted by molar-refractivity contribution is -0.123. The molecule has 2 rings (SSSR count). The number of amides is 1. The highest BCUT2D eigenvalue weighted by Gasteiger charge is 2.54. The van der Waals surface area contributed by atoms with E-state index in [-0.39, 0.29) is 12.5 Å². The van der Waals surface area contributed by atoms with Gasteiger partial charge in [-0.15, -0.1) is 11.3 Å². The standard InChI is InChI=1S/C16H22F3N3OS/c1-9(2)7-10(3)12-11(5-6-24-12)21-14(23)15(4)8-20-22-13(15)16(17,18)19/h5-6,9-10,20H,7-8H2,1-4H3,(H,21,23). The van der Waals surface area contributed by atoms with Gasteiger partial charge in [-0.3, -0.25) is 4.79 Å². The zero-order chi connectivity index (χ0) is 18.1. The molecule has 4 nitrogen and oxygen atoms in total. The number of carbonyl (C=O) groups is 1. The van der Waals surface area contributed by atoms with Crippen LogP contribution in [0.25, 0.3) is 0 Å². The third kappa shape index (κ3) is 3.74. The first-order valence-corrected chi connectivity index (χ1v) is 8.70. The maximum atomic E-state index is 13.1. The second kappa shape index (κ2) is 6.74. The molecule has 1 aromatic heterocycles. The number of hydrazone groups is 1. The summed E-state index contributed by atoms with van der Waals surface area (Å²) in [6, 6.07) is 1.74. The third-order valence-corrected chi connectivity index (χ3v) is 5.28. The molecular formula is C16H22F3N3OS. The van der Waals surface area contributed by atoms with Crippen molar-refractivity contribution in [2.45, 2.75) is 46.2 Å². The second-order valence-electron chi connectivity index (χ2n) is 6.81. The van der Waals surface area contributed by atoms with E-state index in [1.54, 1.807) is 6.07 Å². The monoisotopic (exact) mass is 361 g/mol. The molecule has 8 heteroatoms. The van der Waals surface area contributed by atoms with Crippen molar-refractivity contribution in [3.05, 3.63) is 16.3 Å². The zero-order valence-electron chi connectivity index (χ0n) is 14.1. The minimum atomic E-state index is -4.64. The van der Waals surface area contributed by atoms with Crippen LogP contribution in [0.4, 0.5) is 18.9 Å².